The van der Waals surface area contributed by atoms with Crippen LogP contribution in [0.3, 0.4) is 0 Å². The van der Waals surface area contributed by atoms with E-state index in [1.807, 2.05) is 12.1 Å². The Labute approximate surface area is 149 Å². The zero-order chi connectivity index (χ0) is 17.6. The average molecular weight is 338 g/mol. The molecular formula is C20H26N4O. The van der Waals surface area contributed by atoms with Crippen molar-refractivity contribution in [2.45, 2.75) is 26.2 Å². The number of nitrogens with zero attached hydrogens (tertiary/aromatic N) is 3. The number of amides is 1. The Kier molecular flexibility index (Phi) is 5.76. The fourth-order valence-corrected chi connectivity index (χ4v) is 3.55. The Morgan fingerprint density at radius 2 is 2.08 bits per heavy atom. The van der Waals surface area contributed by atoms with Crippen LogP contribution in [0.5, 0.6) is 0 Å². The summed E-state index contributed by atoms with van der Waals surface area (Å²) in [6, 6.07) is 8.13. The second-order valence-electron chi connectivity index (χ2n) is 7.07. The van der Waals surface area contributed by atoms with Gasteiger partial charge in [-0.05, 0) is 62.4 Å². The maximum absolute atomic E-state index is 12.1. The SMILES string of the molecule is CC1CN(C)CCC1CCc1ccc(NC(=O)c2cnccn2)cc1. The molecule has 1 aliphatic rings. The lowest BCUT2D eigenvalue weighted by molar-refractivity contribution is 0.102. The Morgan fingerprint density at radius 1 is 1.28 bits per heavy atom. The highest BCUT2D eigenvalue weighted by Crippen LogP contribution is 2.27. The lowest BCUT2D eigenvalue weighted by Crippen LogP contribution is -2.36. The smallest absolute Gasteiger partial charge is 0.275 e. The van der Waals surface area contributed by atoms with Gasteiger partial charge in [-0.2, -0.15) is 0 Å². The van der Waals surface area contributed by atoms with Gasteiger partial charge in [-0.3, -0.25) is 9.78 Å². The number of aryl methyl sites for hydroxylation is 1. The minimum absolute atomic E-state index is 0.235. The molecule has 2 aromatic rings. The largest absolute Gasteiger partial charge is 0.321 e. The van der Waals surface area contributed by atoms with Gasteiger partial charge in [-0.25, -0.2) is 4.98 Å². The lowest BCUT2D eigenvalue weighted by atomic mass is 9.83. The predicted octanol–water partition coefficient (Wildman–Crippen LogP) is 3.25. The molecule has 25 heavy (non-hydrogen) atoms. The van der Waals surface area contributed by atoms with E-state index in [0.717, 1.165) is 23.9 Å². The highest BCUT2D eigenvalue weighted by Gasteiger charge is 2.23. The van der Waals surface area contributed by atoms with Crippen LogP contribution >= 0.6 is 0 Å². The summed E-state index contributed by atoms with van der Waals surface area (Å²) >= 11 is 0. The van der Waals surface area contributed by atoms with E-state index in [2.05, 4.69) is 46.3 Å². The molecule has 2 heterocycles. The zero-order valence-electron chi connectivity index (χ0n) is 15.0. The molecule has 1 aromatic carbocycles. The summed E-state index contributed by atoms with van der Waals surface area (Å²) in [6.07, 6.45) is 8.16. The second-order valence-corrected chi connectivity index (χ2v) is 7.07. The Hall–Kier alpha value is -2.27. The molecule has 0 bridgehead atoms. The zero-order valence-corrected chi connectivity index (χ0v) is 15.0. The van der Waals surface area contributed by atoms with Gasteiger partial charge in [0.1, 0.15) is 5.69 Å². The summed E-state index contributed by atoms with van der Waals surface area (Å²) in [6.45, 7) is 4.78. The van der Waals surface area contributed by atoms with E-state index in [9.17, 15) is 4.79 Å². The fourth-order valence-electron chi connectivity index (χ4n) is 3.55. The standard InChI is InChI=1S/C20H26N4O/c1-15-14-24(2)12-9-17(15)6-3-16-4-7-18(8-5-16)23-20(25)19-13-21-10-11-22-19/h4-5,7-8,10-11,13,15,17H,3,6,9,12,14H2,1-2H3,(H,23,25). The van der Waals surface area contributed by atoms with E-state index >= 15 is 0 Å². The van der Waals surface area contributed by atoms with Crippen molar-refractivity contribution in [1.82, 2.24) is 14.9 Å². The molecule has 132 valence electrons. The van der Waals surface area contributed by atoms with Crippen LogP contribution < -0.4 is 5.32 Å². The number of carbonyl (C=O) groups is 1. The molecule has 1 fully saturated rings. The Bertz CT molecular complexity index is 687. The van der Waals surface area contributed by atoms with E-state index in [4.69, 9.17) is 0 Å². The van der Waals surface area contributed by atoms with Crippen molar-refractivity contribution in [2.24, 2.45) is 11.8 Å². The molecular weight excluding hydrogens is 312 g/mol. The highest BCUT2D eigenvalue weighted by atomic mass is 16.1. The number of piperidine rings is 1. The molecule has 1 amide bonds. The highest BCUT2D eigenvalue weighted by molar-refractivity contribution is 6.02. The molecule has 5 heteroatoms. The summed E-state index contributed by atoms with van der Waals surface area (Å²) in [5.41, 5.74) is 2.43. The minimum atomic E-state index is -0.235. The quantitative estimate of drug-likeness (QED) is 0.909. The monoisotopic (exact) mass is 338 g/mol. The van der Waals surface area contributed by atoms with E-state index in [1.165, 1.54) is 43.9 Å². The summed E-state index contributed by atoms with van der Waals surface area (Å²) in [5, 5.41) is 2.86. The number of hydrogen-bond donors (Lipinski definition) is 1. The number of likely N-dealkylation sites (tertiary alicyclic amines) is 1. The van der Waals surface area contributed by atoms with E-state index in [-0.39, 0.29) is 5.91 Å². The van der Waals surface area contributed by atoms with Gasteiger partial charge in [0.2, 0.25) is 0 Å². The van der Waals surface area contributed by atoms with Crippen molar-refractivity contribution >= 4 is 11.6 Å². The summed E-state index contributed by atoms with van der Waals surface area (Å²) in [4.78, 5) is 22.4. The van der Waals surface area contributed by atoms with Crippen molar-refractivity contribution in [3.8, 4) is 0 Å². The van der Waals surface area contributed by atoms with Crippen molar-refractivity contribution in [3.63, 3.8) is 0 Å². The molecule has 3 rings (SSSR count). The normalized spacial score (nSPS) is 21.0. The molecule has 2 atom stereocenters. The summed E-state index contributed by atoms with van der Waals surface area (Å²) in [5.74, 6) is 1.34. The van der Waals surface area contributed by atoms with Crippen molar-refractivity contribution in [3.05, 3.63) is 54.1 Å². The first-order chi connectivity index (χ1) is 12.1. The third kappa shape index (κ3) is 4.86. The first-order valence-corrected chi connectivity index (χ1v) is 8.96. The molecule has 1 saturated heterocycles. The molecule has 0 aliphatic carbocycles. The topological polar surface area (TPSA) is 58.1 Å². The van der Waals surface area contributed by atoms with Crippen LogP contribution in [0.25, 0.3) is 0 Å². The summed E-state index contributed by atoms with van der Waals surface area (Å²) in [7, 11) is 2.21. The van der Waals surface area contributed by atoms with Gasteiger partial charge in [0, 0.05) is 24.6 Å². The number of benzene rings is 1. The molecule has 1 N–H and O–H groups in total. The molecule has 1 aromatic heterocycles. The second kappa shape index (κ2) is 8.21. The average Bonchev–Trinajstić information content (AvgIpc) is 2.63. The van der Waals surface area contributed by atoms with E-state index < -0.39 is 0 Å². The Morgan fingerprint density at radius 3 is 2.76 bits per heavy atom. The number of anilines is 1. The van der Waals surface area contributed by atoms with E-state index in [1.54, 1.807) is 6.20 Å². The van der Waals surface area contributed by atoms with Gasteiger partial charge in [-0.15, -0.1) is 0 Å². The molecule has 2 unspecified atom stereocenters. The van der Waals surface area contributed by atoms with Gasteiger partial charge in [0.25, 0.3) is 5.91 Å². The van der Waals surface area contributed by atoms with Crippen molar-refractivity contribution in [2.75, 3.05) is 25.5 Å². The van der Waals surface area contributed by atoms with Crippen LogP contribution in [0.15, 0.2) is 42.9 Å². The molecule has 5 nitrogen and oxygen atoms in total. The third-order valence-corrected chi connectivity index (χ3v) is 5.10. The van der Waals surface area contributed by atoms with Crippen LogP contribution in [0.1, 0.15) is 35.8 Å². The van der Waals surface area contributed by atoms with Gasteiger partial charge in [0.05, 0.1) is 6.20 Å². The van der Waals surface area contributed by atoms with Gasteiger partial charge in [-0.1, -0.05) is 19.1 Å². The first-order valence-electron chi connectivity index (χ1n) is 8.96. The molecule has 0 radical (unpaired) electrons. The number of aromatic nitrogens is 2. The van der Waals surface area contributed by atoms with Gasteiger partial charge >= 0.3 is 0 Å². The number of carbonyl (C=O) groups excluding carboxylic acids is 1. The lowest BCUT2D eigenvalue weighted by Gasteiger charge is -2.34. The number of hydrogen-bond acceptors (Lipinski definition) is 4. The van der Waals surface area contributed by atoms with Crippen LogP contribution in [0, 0.1) is 11.8 Å². The number of rotatable bonds is 5. The minimum Gasteiger partial charge on any atom is -0.321 e. The third-order valence-electron chi connectivity index (χ3n) is 5.10. The van der Waals surface area contributed by atoms with Crippen molar-refractivity contribution < 1.29 is 4.79 Å². The fraction of sp³-hybridized carbons (Fsp3) is 0.450. The van der Waals surface area contributed by atoms with E-state index in [0.29, 0.717) is 5.69 Å². The molecule has 0 spiro atoms. The Balaban J connectivity index is 1.51. The van der Waals surface area contributed by atoms with Crippen LogP contribution in [0.2, 0.25) is 0 Å². The number of nitrogens with one attached hydrogen (secondary N) is 1. The van der Waals surface area contributed by atoms with Crippen molar-refractivity contribution in [1.29, 1.82) is 0 Å². The van der Waals surface area contributed by atoms with Crippen LogP contribution in [-0.4, -0.2) is 40.9 Å². The summed E-state index contributed by atoms with van der Waals surface area (Å²) < 4.78 is 0. The first kappa shape index (κ1) is 17.5. The predicted molar refractivity (Wildman–Crippen MR) is 99.5 cm³/mol. The van der Waals surface area contributed by atoms with Gasteiger partial charge in [0.15, 0.2) is 0 Å². The molecule has 0 saturated carbocycles. The molecule has 1 aliphatic heterocycles. The maximum atomic E-state index is 12.1. The van der Waals surface area contributed by atoms with Gasteiger partial charge < -0.3 is 10.2 Å². The van der Waals surface area contributed by atoms with Crippen LogP contribution in [0.4, 0.5) is 5.69 Å². The van der Waals surface area contributed by atoms with Crippen LogP contribution in [-0.2, 0) is 6.42 Å². The maximum Gasteiger partial charge on any atom is 0.275 e.